The van der Waals surface area contributed by atoms with E-state index in [0.717, 1.165) is 31.4 Å². The van der Waals surface area contributed by atoms with Crippen LogP contribution in [-0.2, 0) is 0 Å². The fraction of sp³-hybridized carbons (Fsp3) is 0.750. The van der Waals surface area contributed by atoms with Crippen molar-refractivity contribution in [2.24, 2.45) is 5.73 Å². The lowest BCUT2D eigenvalue weighted by Gasteiger charge is -2.37. The van der Waals surface area contributed by atoms with Crippen LogP contribution in [0.25, 0.3) is 0 Å². The van der Waals surface area contributed by atoms with Crippen LogP contribution in [0.3, 0.4) is 0 Å². The van der Waals surface area contributed by atoms with Crippen molar-refractivity contribution >= 4 is 0 Å². The molecule has 90 valence electrons. The smallest absolute Gasteiger partial charge is 0.0954 e. The molecule has 1 fully saturated rings. The number of aliphatic hydroxyl groups excluding tert-OH is 1. The Morgan fingerprint density at radius 3 is 2.94 bits per heavy atom. The van der Waals surface area contributed by atoms with Crippen molar-refractivity contribution in [1.82, 2.24) is 9.55 Å². The minimum atomic E-state index is -0.395. The molecule has 2 unspecified atom stereocenters. The first-order valence-corrected chi connectivity index (χ1v) is 5.95. The first kappa shape index (κ1) is 11.6. The minimum absolute atomic E-state index is 0.0796. The summed E-state index contributed by atoms with van der Waals surface area (Å²) in [5, 5.41) is 9.34. The second-order valence-corrected chi connectivity index (χ2v) is 5.09. The lowest BCUT2D eigenvalue weighted by Crippen LogP contribution is -2.47. The van der Waals surface area contributed by atoms with Crippen LogP contribution in [-0.4, -0.2) is 26.8 Å². The first-order chi connectivity index (χ1) is 7.56. The highest BCUT2D eigenvalue weighted by Crippen LogP contribution is 2.34. The van der Waals surface area contributed by atoms with E-state index in [1.807, 2.05) is 13.3 Å². The van der Waals surface area contributed by atoms with Gasteiger partial charge in [-0.05, 0) is 39.5 Å². The zero-order valence-electron chi connectivity index (χ0n) is 10.1. The van der Waals surface area contributed by atoms with Crippen LogP contribution in [0.4, 0.5) is 0 Å². The van der Waals surface area contributed by atoms with Crippen molar-refractivity contribution in [3.63, 3.8) is 0 Å². The number of nitrogens with two attached hydrogens (primary N) is 1. The topological polar surface area (TPSA) is 64.1 Å². The molecule has 0 amide bonds. The molecule has 0 aliphatic heterocycles. The molecule has 1 saturated carbocycles. The lowest BCUT2D eigenvalue weighted by molar-refractivity contribution is 0.130. The van der Waals surface area contributed by atoms with Gasteiger partial charge in [-0.2, -0.15) is 0 Å². The summed E-state index contributed by atoms with van der Waals surface area (Å²) in [7, 11) is 0. The number of aryl methyl sites for hydroxylation is 1. The molecular weight excluding hydrogens is 202 g/mol. The standard InChI is InChI=1S/C12H21N3O/c1-9-10(2)15(8-14-9)11-4-3-5-12(13,6-11)7-16/h8,11,16H,3-7,13H2,1-2H3. The number of hydrogen-bond donors (Lipinski definition) is 2. The number of imidazole rings is 1. The summed E-state index contributed by atoms with van der Waals surface area (Å²) in [5.74, 6) is 0. The Labute approximate surface area is 96.5 Å². The minimum Gasteiger partial charge on any atom is -0.394 e. The van der Waals surface area contributed by atoms with Gasteiger partial charge in [0.2, 0.25) is 0 Å². The van der Waals surface area contributed by atoms with Gasteiger partial charge in [-0.15, -0.1) is 0 Å². The summed E-state index contributed by atoms with van der Waals surface area (Å²) in [5.41, 5.74) is 8.06. The van der Waals surface area contributed by atoms with Crippen LogP contribution in [0.15, 0.2) is 6.33 Å². The zero-order chi connectivity index (χ0) is 11.8. The molecule has 0 saturated heterocycles. The summed E-state index contributed by atoms with van der Waals surface area (Å²) in [6.07, 6.45) is 5.89. The third-order valence-electron chi connectivity index (χ3n) is 3.85. The predicted octanol–water partition coefficient (Wildman–Crippen LogP) is 1.30. The van der Waals surface area contributed by atoms with Gasteiger partial charge in [0.1, 0.15) is 0 Å². The Kier molecular flexibility index (Phi) is 3.04. The van der Waals surface area contributed by atoms with Crippen LogP contribution in [0.1, 0.15) is 43.1 Å². The Bertz CT molecular complexity index is 374. The molecule has 4 heteroatoms. The highest BCUT2D eigenvalue weighted by molar-refractivity contribution is 5.10. The Morgan fingerprint density at radius 1 is 1.62 bits per heavy atom. The SMILES string of the molecule is Cc1ncn(C2CCCC(N)(CO)C2)c1C. The highest BCUT2D eigenvalue weighted by atomic mass is 16.3. The average Bonchev–Trinajstić information content (AvgIpc) is 2.60. The second-order valence-electron chi connectivity index (χ2n) is 5.09. The molecule has 1 aliphatic rings. The third-order valence-corrected chi connectivity index (χ3v) is 3.85. The molecular formula is C12H21N3O. The summed E-state index contributed by atoms with van der Waals surface area (Å²) in [6.45, 7) is 4.20. The fourth-order valence-corrected chi connectivity index (χ4v) is 2.63. The maximum atomic E-state index is 9.34. The van der Waals surface area contributed by atoms with Crippen molar-refractivity contribution < 1.29 is 5.11 Å². The van der Waals surface area contributed by atoms with E-state index in [2.05, 4.69) is 16.5 Å². The molecule has 0 aromatic carbocycles. The van der Waals surface area contributed by atoms with Crippen molar-refractivity contribution in [3.8, 4) is 0 Å². The van der Waals surface area contributed by atoms with Crippen LogP contribution < -0.4 is 5.73 Å². The van der Waals surface area contributed by atoms with E-state index in [-0.39, 0.29) is 6.61 Å². The van der Waals surface area contributed by atoms with Gasteiger partial charge >= 0.3 is 0 Å². The zero-order valence-corrected chi connectivity index (χ0v) is 10.1. The Hall–Kier alpha value is -0.870. The normalized spacial score (nSPS) is 30.6. The molecule has 16 heavy (non-hydrogen) atoms. The number of aliphatic hydroxyl groups is 1. The van der Waals surface area contributed by atoms with E-state index in [1.54, 1.807) is 0 Å². The molecule has 0 radical (unpaired) electrons. The molecule has 4 nitrogen and oxygen atoms in total. The summed E-state index contributed by atoms with van der Waals surface area (Å²) < 4.78 is 2.21. The Morgan fingerprint density at radius 2 is 2.38 bits per heavy atom. The van der Waals surface area contributed by atoms with Gasteiger partial charge in [0.05, 0.1) is 18.6 Å². The number of aromatic nitrogens is 2. The van der Waals surface area contributed by atoms with E-state index < -0.39 is 5.54 Å². The highest BCUT2D eigenvalue weighted by Gasteiger charge is 2.33. The van der Waals surface area contributed by atoms with Crippen molar-refractivity contribution in [3.05, 3.63) is 17.7 Å². The third kappa shape index (κ3) is 1.99. The fourth-order valence-electron chi connectivity index (χ4n) is 2.63. The van der Waals surface area contributed by atoms with E-state index in [0.29, 0.717) is 6.04 Å². The molecule has 1 aromatic heterocycles. The number of nitrogens with zero attached hydrogens (tertiary/aromatic N) is 2. The summed E-state index contributed by atoms with van der Waals surface area (Å²) in [4.78, 5) is 4.32. The van der Waals surface area contributed by atoms with Gasteiger partial charge in [-0.25, -0.2) is 4.98 Å². The van der Waals surface area contributed by atoms with E-state index in [9.17, 15) is 5.11 Å². The maximum Gasteiger partial charge on any atom is 0.0954 e. The maximum absolute atomic E-state index is 9.34. The average molecular weight is 223 g/mol. The molecule has 1 heterocycles. The van der Waals surface area contributed by atoms with Crippen molar-refractivity contribution in [1.29, 1.82) is 0 Å². The van der Waals surface area contributed by atoms with E-state index in [4.69, 9.17) is 5.73 Å². The first-order valence-electron chi connectivity index (χ1n) is 5.95. The molecule has 0 spiro atoms. The largest absolute Gasteiger partial charge is 0.394 e. The quantitative estimate of drug-likeness (QED) is 0.794. The summed E-state index contributed by atoms with van der Waals surface area (Å²) in [6, 6.07) is 0.395. The van der Waals surface area contributed by atoms with Crippen LogP contribution >= 0.6 is 0 Å². The number of rotatable bonds is 2. The number of hydrogen-bond acceptors (Lipinski definition) is 3. The van der Waals surface area contributed by atoms with Gasteiger partial charge < -0.3 is 15.4 Å². The van der Waals surface area contributed by atoms with Gasteiger partial charge in [-0.1, -0.05) is 0 Å². The van der Waals surface area contributed by atoms with Gasteiger partial charge in [0.25, 0.3) is 0 Å². The van der Waals surface area contributed by atoms with Gasteiger partial charge in [0.15, 0.2) is 0 Å². The second kappa shape index (κ2) is 4.18. The molecule has 2 rings (SSSR count). The van der Waals surface area contributed by atoms with Gasteiger partial charge in [-0.3, -0.25) is 0 Å². The monoisotopic (exact) mass is 223 g/mol. The van der Waals surface area contributed by atoms with E-state index in [1.165, 1.54) is 5.69 Å². The molecule has 1 aromatic rings. The lowest BCUT2D eigenvalue weighted by atomic mass is 9.80. The summed E-state index contributed by atoms with van der Waals surface area (Å²) >= 11 is 0. The van der Waals surface area contributed by atoms with E-state index >= 15 is 0 Å². The van der Waals surface area contributed by atoms with Crippen molar-refractivity contribution in [2.75, 3.05) is 6.61 Å². The molecule has 2 atom stereocenters. The Balaban J connectivity index is 2.19. The molecule has 1 aliphatic carbocycles. The van der Waals surface area contributed by atoms with Crippen LogP contribution in [0.5, 0.6) is 0 Å². The van der Waals surface area contributed by atoms with Crippen molar-refractivity contribution in [2.45, 2.75) is 51.1 Å². The predicted molar refractivity (Wildman–Crippen MR) is 63.2 cm³/mol. The molecule has 0 bridgehead atoms. The van der Waals surface area contributed by atoms with Crippen LogP contribution in [0, 0.1) is 13.8 Å². The van der Waals surface area contributed by atoms with Gasteiger partial charge in [0, 0.05) is 17.3 Å². The van der Waals surface area contributed by atoms with Crippen LogP contribution in [0.2, 0.25) is 0 Å². The molecule has 3 N–H and O–H groups in total.